The van der Waals surface area contributed by atoms with Crippen LogP contribution in [-0.2, 0) is 0 Å². The molecule has 13 aromatic rings. The van der Waals surface area contributed by atoms with Gasteiger partial charge in [-0.1, -0.05) is 140 Å². The van der Waals surface area contributed by atoms with Crippen molar-refractivity contribution in [2.24, 2.45) is 0 Å². The highest BCUT2D eigenvalue weighted by molar-refractivity contribution is 6.31. The Balaban J connectivity index is 1.07. The van der Waals surface area contributed by atoms with Gasteiger partial charge in [0.2, 0.25) is 0 Å². The van der Waals surface area contributed by atoms with E-state index in [1.54, 1.807) is 0 Å². The number of rotatable bonds is 4. The van der Waals surface area contributed by atoms with Crippen LogP contribution in [0.3, 0.4) is 0 Å². The maximum atomic E-state index is 6.99. The number of nitrogens with zero attached hydrogens (tertiary/aromatic N) is 4. The van der Waals surface area contributed by atoms with Crippen LogP contribution in [0.25, 0.3) is 139 Å². The molecule has 0 bridgehead atoms. The van der Waals surface area contributed by atoms with E-state index in [1.165, 1.54) is 43.8 Å². The number of para-hydroxylation sites is 3. The Bertz CT molecular complexity index is 4010. The molecule has 6 nitrogen and oxygen atoms in total. The van der Waals surface area contributed by atoms with Crippen LogP contribution in [0.5, 0.6) is 0 Å². The molecule has 61 heavy (non-hydrogen) atoms. The zero-order valence-electron chi connectivity index (χ0n) is 32.4. The minimum Gasteiger partial charge on any atom is -0.455 e. The van der Waals surface area contributed by atoms with Gasteiger partial charge in [0.05, 0.1) is 22.3 Å². The predicted molar refractivity (Wildman–Crippen MR) is 247 cm³/mol. The van der Waals surface area contributed by atoms with E-state index >= 15 is 0 Å². The molecule has 0 atom stereocenters. The van der Waals surface area contributed by atoms with Crippen molar-refractivity contribution in [3.63, 3.8) is 0 Å². The van der Waals surface area contributed by atoms with Gasteiger partial charge < -0.3 is 13.4 Å². The first kappa shape index (κ1) is 32.6. The summed E-state index contributed by atoms with van der Waals surface area (Å²) in [4.78, 5) is 15.7. The normalized spacial score (nSPS) is 12.3. The lowest BCUT2D eigenvalue weighted by Crippen LogP contribution is -2.01. The SMILES string of the molecule is c1ccc(-c2nc(-c3cccc4c3oc3ccccc34)nc(-c3ccc(-n4c5cccc6c5c5c7c(cccc7ccc54)-c4ccccc4-6)c4oc5ccccc5c34)n2)cc1. The molecule has 1 aliphatic rings. The number of furan rings is 2. The molecule has 0 saturated carbocycles. The number of aromatic nitrogens is 4. The van der Waals surface area contributed by atoms with Gasteiger partial charge in [-0.3, -0.25) is 0 Å². The summed E-state index contributed by atoms with van der Waals surface area (Å²) in [7, 11) is 0. The molecule has 0 saturated heterocycles. The topological polar surface area (TPSA) is 69.9 Å². The second kappa shape index (κ2) is 12.1. The monoisotopic (exact) mass is 778 g/mol. The number of hydrogen-bond acceptors (Lipinski definition) is 5. The zero-order valence-corrected chi connectivity index (χ0v) is 32.4. The lowest BCUT2D eigenvalue weighted by atomic mass is 9.93. The van der Waals surface area contributed by atoms with Gasteiger partial charge in [0.1, 0.15) is 16.7 Å². The molecule has 4 aromatic heterocycles. The van der Waals surface area contributed by atoms with Crippen LogP contribution in [0.15, 0.2) is 191 Å². The first-order chi connectivity index (χ1) is 30.3. The largest absolute Gasteiger partial charge is 0.455 e. The Kier molecular flexibility index (Phi) is 6.46. The van der Waals surface area contributed by atoms with E-state index in [4.69, 9.17) is 23.8 Å². The van der Waals surface area contributed by atoms with E-state index in [1.807, 2.05) is 72.8 Å². The van der Waals surface area contributed by atoms with Crippen LogP contribution in [0.1, 0.15) is 0 Å². The van der Waals surface area contributed by atoms with Crippen LogP contribution in [-0.4, -0.2) is 19.5 Å². The van der Waals surface area contributed by atoms with Gasteiger partial charge in [0, 0.05) is 43.4 Å². The predicted octanol–water partition coefficient (Wildman–Crippen LogP) is 14.6. The third kappa shape index (κ3) is 4.48. The van der Waals surface area contributed by atoms with Crippen molar-refractivity contribution in [2.45, 2.75) is 0 Å². The summed E-state index contributed by atoms with van der Waals surface area (Å²) in [6, 6.07) is 63.7. The smallest absolute Gasteiger partial charge is 0.167 e. The molecular weight excluding hydrogens is 749 g/mol. The molecule has 9 aromatic carbocycles. The van der Waals surface area contributed by atoms with Gasteiger partial charge in [-0.25, -0.2) is 15.0 Å². The minimum absolute atomic E-state index is 0.533. The van der Waals surface area contributed by atoms with Gasteiger partial charge in [-0.05, 0) is 75.5 Å². The van der Waals surface area contributed by atoms with Gasteiger partial charge in [-0.2, -0.15) is 0 Å². The van der Waals surface area contributed by atoms with Gasteiger partial charge >= 0.3 is 0 Å². The van der Waals surface area contributed by atoms with E-state index in [2.05, 4.69) is 114 Å². The van der Waals surface area contributed by atoms with Crippen molar-refractivity contribution in [3.8, 4) is 62.1 Å². The van der Waals surface area contributed by atoms with Crippen LogP contribution < -0.4 is 0 Å². The molecule has 0 N–H and O–H groups in total. The summed E-state index contributed by atoms with van der Waals surface area (Å²) in [5, 5.41) is 8.97. The van der Waals surface area contributed by atoms with Crippen molar-refractivity contribution in [2.75, 3.05) is 0 Å². The maximum Gasteiger partial charge on any atom is 0.167 e. The fraction of sp³-hybridized carbons (Fsp3) is 0. The average Bonchev–Trinajstić information content (AvgIpc) is 3.99. The summed E-state index contributed by atoms with van der Waals surface area (Å²) in [6.07, 6.45) is 0. The molecule has 6 heteroatoms. The fourth-order valence-electron chi connectivity index (χ4n) is 10.0. The van der Waals surface area contributed by atoms with Crippen molar-refractivity contribution in [1.29, 1.82) is 0 Å². The Morgan fingerprint density at radius 3 is 1.75 bits per heavy atom. The van der Waals surface area contributed by atoms with E-state index in [-0.39, 0.29) is 0 Å². The molecule has 0 aliphatic heterocycles. The van der Waals surface area contributed by atoms with E-state index in [0.29, 0.717) is 17.5 Å². The summed E-state index contributed by atoms with van der Waals surface area (Å²) in [5.41, 5.74) is 13.8. The van der Waals surface area contributed by atoms with Crippen LogP contribution >= 0.6 is 0 Å². The van der Waals surface area contributed by atoms with E-state index in [0.717, 1.165) is 77.3 Å². The Labute approximate surface area is 347 Å². The Morgan fingerprint density at radius 1 is 0.328 bits per heavy atom. The molecule has 0 fully saturated rings. The summed E-state index contributed by atoms with van der Waals surface area (Å²) >= 11 is 0. The van der Waals surface area contributed by atoms with Gasteiger partial charge in [-0.15, -0.1) is 0 Å². The number of benzene rings is 9. The Hall–Kier alpha value is -8.35. The van der Waals surface area contributed by atoms with Crippen molar-refractivity contribution in [1.82, 2.24) is 19.5 Å². The first-order valence-electron chi connectivity index (χ1n) is 20.5. The van der Waals surface area contributed by atoms with Crippen LogP contribution in [0.2, 0.25) is 0 Å². The maximum absolute atomic E-state index is 6.99. The lowest BCUT2D eigenvalue weighted by Gasteiger charge is -2.14. The molecule has 0 amide bonds. The molecule has 282 valence electrons. The molecule has 14 rings (SSSR count). The van der Waals surface area contributed by atoms with Gasteiger partial charge in [0.25, 0.3) is 0 Å². The van der Waals surface area contributed by atoms with Crippen molar-refractivity contribution < 1.29 is 8.83 Å². The molecule has 0 spiro atoms. The zero-order chi connectivity index (χ0) is 39.8. The highest BCUT2D eigenvalue weighted by Gasteiger charge is 2.27. The lowest BCUT2D eigenvalue weighted by molar-refractivity contribution is 0.666. The van der Waals surface area contributed by atoms with E-state index < -0.39 is 0 Å². The summed E-state index contributed by atoms with van der Waals surface area (Å²) < 4.78 is 15.9. The number of fused-ring (bicyclic) bond motifs is 9. The fourth-order valence-corrected chi connectivity index (χ4v) is 10.0. The standard InChI is InChI=1S/C55H30N4O2/c1-2-13-32(14-3-1)53-56-54(58-55(57-53)41-23-11-22-38-35-18-6-8-25-45(35)60-51(38)41)40-28-30-44(52-48(40)39-19-7-9-26-46(39)61-52)59-42-24-12-21-37-34-17-5-4-16-33(34)36-20-10-15-31-27-29-43(59)50(47(31)36)49(37)42/h1-30H. The summed E-state index contributed by atoms with van der Waals surface area (Å²) in [5.74, 6) is 1.66. The quantitative estimate of drug-likeness (QED) is 0.178. The molecule has 1 aliphatic carbocycles. The average molecular weight is 779 g/mol. The van der Waals surface area contributed by atoms with Crippen molar-refractivity contribution in [3.05, 3.63) is 182 Å². The second-order valence-corrected chi connectivity index (χ2v) is 15.8. The van der Waals surface area contributed by atoms with Crippen LogP contribution in [0.4, 0.5) is 0 Å². The second-order valence-electron chi connectivity index (χ2n) is 15.8. The molecule has 0 unspecified atom stereocenters. The Morgan fingerprint density at radius 2 is 0.918 bits per heavy atom. The molecule has 0 radical (unpaired) electrons. The minimum atomic E-state index is 0.533. The van der Waals surface area contributed by atoms with Crippen LogP contribution in [0, 0.1) is 0 Å². The highest BCUT2D eigenvalue weighted by atomic mass is 16.3. The van der Waals surface area contributed by atoms with E-state index in [9.17, 15) is 0 Å². The molecular formula is C55H30N4O2. The highest BCUT2D eigenvalue weighted by Crippen LogP contribution is 2.51. The van der Waals surface area contributed by atoms with Gasteiger partial charge in [0.15, 0.2) is 23.1 Å². The number of hydrogen-bond donors (Lipinski definition) is 0. The first-order valence-corrected chi connectivity index (χ1v) is 20.5. The van der Waals surface area contributed by atoms with Crippen molar-refractivity contribution >= 4 is 76.5 Å². The molecule has 4 heterocycles. The summed E-state index contributed by atoms with van der Waals surface area (Å²) in [6.45, 7) is 0. The third-order valence-electron chi connectivity index (χ3n) is 12.6. The third-order valence-corrected chi connectivity index (χ3v) is 12.6.